The molecule has 0 aromatic heterocycles. The SMILES string of the molecule is COc1cc(C(C)=O)ccc1OCCN1CCCCC1.Cl. The van der Waals surface area contributed by atoms with Gasteiger partial charge in [0.15, 0.2) is 17.3 Å². The lowest BCUT2D eigenvalue weighted by Gasteiger charge is -2.26. The summed E-state index contributed by atoms with van der Waals surface area (Å²) >= 11 is 0. The zero-order chi connectivity index (χ0) is 14.4. The number of carbonyl (C=O) groups excluding carboxylic acids is 1. The molecule has 1 aliphatic rings. The lowest BCUT2D eigenvalue weighted by molar-refractivity contribution is 0.101. The molecule has 4 nitrogen and oxygen atoms in total. The maximum absolute atomic E-state index is 11.3. The smallest absolute Gasteiger partial charge is 0.161 e. The van der Waals surface area contributed by atoms with Crippen LogP contribution in [0, 0.1) is 0 Å². The Hall–Kier alpha value is -1.26. The molecule has 0 N–H and O–H groups in total. The van der Waals surface area contributed by atoms with E-state index >= 15 is 0 Å². The molecule has 0 atom stereocenters. The number of halogens is 1. The minimum atomic E-state index is 0. The molecule has 5 heteroatoms. The third-order valence-corrected chi connectivity index (χ3v) is 3.68. The van der Waals surface area contributed by atoms with Crippen LogP contribution < -0.4 is 9.47 Å². The van der Waals surface area contributed by atoms with Gasteiger partial charge in [-0.25, -0.2) is 0 Å². The van der Waals surface area contributed by atoms with Crippen molar-refractivity contribution in [1.82, 2.24) is 4.90 Å². The second-order valence-electron chi connectivity index (χ2n) is 5.17. The minimum Gasteiger partial charge on any atom is -0.493 e. The van der Waals surface area contributed by atoms with E-state index in [4.69, 9.17) is 9.47 Å². The molecule has 0 radical (unpaired) electrons. The van der Waals surface area contributed by atoms with E-state index in [1.165, 1.54) is 32.4 Å². The highest BCUT2D eigenvalue weighted by molar-refractivity contribution is 5.94. The van der Waals surface area contributed by atoms with Crippen molar-refractivity contribution in [3.63, 3.8) is 0 Å². The first-order valence-corrected chi connectivity index (χ1v) is 7.25. The van der Waals surface area contributed by atoms with Crippen molar-refractivity contribution in [1.29, 1.82) is 0 Å². The van der Waals surface area contributed by atoms with Crippen molar-refractivity contribution in [2.24, 2.45) is 0 Å². The summed E-state index contributed by atoms with van der Waals surface area (Å²) in [6.45, 7) is 5.48. The van der Waals surface area contributed by atoms with Gasteiger partial charge in [0.1, 0.15) is 6.61 Å². The molecule has 118 valence electrons. The number of likely N-dealkylation sites (tertiary alicyclic amines) is 1. The maximum atomic E-state index is 11.3. The van der Waals surface area contributed by atoms with E-state index in [1.807, 2.05) is 6.07 Å². The number of methoxy groups -OCH3 is 1. The van der Waals surface area contributed by atoms with Gasteiger partial charge >= 0.3 is 0 Å². The number of rotatable bonds is 6. The summed E-state index contributed by atoms with van der Waals surface area (Å²) in [5.74, 6) is 1.36. The van der Waals surface area contributed by atoms with Crippen molar-refractivity contribution in [2.75, 3.05) is 33.4 Å². The quantitative estimate of drug-likeness (QED) is 0.756. The van der Waals surface area contributed by atoms with Crippen LogP contribution in [-0.2, 0) is 0 Å². The van der Waals surface area contributed by atoms with Crippen LogP contribution in [0.5, 0.6) is 11.5 Å². The molecular weight excluding hydrogens is 290 g/mol. The van der Waals surface area contributed by atoms with E-state index in [2.05, 4.69) is 4.90 Å². The first kappa shape index (κ1) is 17.8. The van der Waals surface area contributed by atoms with Gasteiger partial charge in [-0.15, -0.1) is 12.4 Å². The topological polar surface area (TPSA) is 38.8 Å². The molecule has 0 aliphatic carbocycles. The van der Waals surface area contributed by atoms with Gasteiger partial charge in [0.25, 0.3) is 0 Å². The van der Waals surface area contributed by atoms with Gasteiger partial charge in [0.2, 0.25) is 0 Å². The Balaban J connectivity index is 0.00000220. The average Bonchev–Trinajstić information content (AvgIpc) is 2.48. The van der Waals surface area contributed by atoms with Crippen molar-refractivity contribution in [3.05, 3.63) is 23.8 Å². The highest BCUT2D eigenvalue weighted by atomic mass is 35.5. The van der Waals surface area contributed by atoms with Gasteiger partial charge < -0.3 is 9.47 Å². The molecule has 0 saturated carbocycles. The van der Waals surface area contributed by atoms with Crippen molar-refractivity contribution < 1.29 is 14.3 Å². The number of hydrogen-bond donors (Lipinski definition) is 0. The molecule has 2 rings (SSSR count). The number of carbonyl (C=O) groups is 1. The first-order valence-electron chi connectivity index (χ1n) is 7.25. The molecule has 0 amide bonds. The zero-order valence-corrected chi connectivity index (χ0v) is 13.6. The molecule has 21 heavy (non-hydrogen) atoms. The van der Waals surface area contributed by atoms with Gasteiger partial charge in [0, 0.05) is 12.1 Å². The molecule has 1 fully saturated rings. The monoisotopic (exact) mass is 313 g/mol. The third-order valence-electron chi connectivity index (χ3n) is 3.68. The van der Waals surface area contributed by atoms with E-state index in [1.54, 1.807) is 26.2 Å². The Labute approximate surface area is 132 Å². The summed E-state index contributed by atoms with van der Waals surface area (Å²) in [4.78, 5) is 13.8. The molecule has 0 bridgehead atoms. The Kier molecular flexibility index (Phi) is 7.54. The van der Waals surface area contributed by atoms with Crippen LogP contribution in [0.4, 0.5) is 0 Å². The number of piperidine rings is 1. The fourth-order valence-corrected chi connectivity index (χ4v) is 2.47. The molecule has 0 spiro atoms. The summed E-state index contributed by atoms with van der Waals surface area (Å²) in [7, 11) is 1.59. The summed E-state index contributed by atoms with van der Waals surface area (Å²) in [5, 5.41) is 0. The van der Waals surface area contributed by atoms with Crippen LogP contribution in [0.3, 0.4) is 0 Å². The van der Waals surface area contributed by atoms with Crippen molar-refractivity contribution in [2.45, 2.75) is 26.2 Å². The maximum Gasteiger partial charge on any atom is 0.161 e. The van der Waals surface area contributed by atoms with Gasteiger partial charge in [0.05, 0.1) is 7.11 Å². The van der Waals surface area contributed by atoms with Crippen LogP contribution in [0.2, 0.25) is 0 Å². The Bertz CT molecular complexity index is 459. The molecule has 1 aromatic rings. The Morgan fingerprint density at radius 2 is 1.90 bits per heavy atom. The normalized spacial score (nSPS) is 15.1. The van der Waals surface area contributed by atoms with Gasteiger partial charge in [-0.2, -0.15) is 0 Å². The average molecular weight is 314 g/mol. The molecule has 0 unspecified atom stereocenters. The molecular formula is C16H24ClNO3. The second kappa shape index (κ2) is 8.90. The number of hydrogen-bond acceptors (Lipinski definition) is 4. The fraction of sp³-hybridized carbons (Fsp3) is 0.562. The molecule has 1 aromatic carbocycles. The van der Waals surface area contributed by atoms with E-state index < -0.39 is 0 Å². The van der Waals surface area contributed by atoms with Crippen molar-refractivity contribution in [3.8, 4) is 11.5 Å². The fourth-order valence-electron chi connectivity index (χ4n) is 2.47. The molecule has 1 heterocycles. The van der Waals surface area contributed by atoms with E-state index in [0.29, 0.717) is 23.7 Å². The molecule has 1 saturated heterocycles. The predicted octanol–water partition coefficient (Wildman–Crippen LogP) is 3.18. The minimum absolute atomic E-state index is 0. The number of ketones is 1. The van der Waals surface area contributed by atoms with Gasteiger partial charge in [-0.05, 0) is 51.1 Å². The van der Waals surface area contributed by atoms with E-state index in [9.17, 15) is 4.79 Å². The number of ether oxygens (including phenoxy) is 2. The number of benzene rings is 1. The summed E-state index contributed by atoms with van der Waals surface area (Å²) in [6, 6.07) is 5.32. The van der Waals surface area contributed by atoms with Crippen LogP contribution in [0.25, 0.3) is 0 Å². The summed E-state index contributed by atoms with van der Waals surface area (Å²) < 4.78 is 11.1. The summed E-state index contributed by atoms with van der Waals surface area (Å²) in [6.07, 6.45) is 3.92. The zero-order valence-electron chi connectivity index (χ0n) is 12.8. The van der Waals surface area contributed by atoms with E-state index in [0.717, 1.165) is 6.54 Å². The molecule has 1 aliphatic heterocycles. The number of Topliss-reactive ketones (excluding diaryl/α,β-unsaturated/α-hetero) is 1. The first-order chi connectivity index (χ1) is 9.70. The third kappa shape index (κ3) is 5.21. The van der Waals surface area contributed by atoms with Crippen molar-refractivity contribution >= 4 is 18.2 Å². The Morgan fingerprint density at radius 3 is 2.52 bits per heavy atom. The highest BCUT2D eigenvalue weighted by Crippen LogP contribution is 2.28. The van der Waals surface area contributed by atoms with Crippen LogP contribution in [0.15, 0.2) is 18.2 Å². The van der Waals surface area contributed by atoms with Gasteiger partial charge in [-0.3, -0.25) is 9.69 Å². The standard InChI is InChI=1S/C16H23NO3.ClH/c1-13(18)14-6-7-15(16(12-14)19-2)20-11-10-17-8-4-3-5-9-17;/h6-7,12H,3-5,8-11H2,1-2H3;1H. The Morgan fingerprint density at radius 1 is 1.19 bits per heavy atom. The second-order valence-corrected chi connectivity index (χ2v) is 5.17. The lowest BCUT2D eigenvalue weighted by Crippen LogP contribution is -2.33. The van der Waals surface area contributed by atoms with Crippen LogP contribution in [0.1, 0.15) is 36.5 Å². The largest absolute Gasteiger partial charge is 0.493 e. The van der Waals surface area contributed by atoms with Crippen LogP contribution in [-0.4, -0.2) is 44.0 Å². The lowest BCUT2D eigenvalue weighted by atomic mass is 10.1. The van der Waals surface area contributed by atoms with E-state index in [-0.39, 0.29) is 18.2 Å². The predicted molar refractivity (Wildman–Crippen MR) is 86.0 cm³/mol. The number of nitrogens with zero attached hydrogens (tertiary/aromatic N) is 1. The summed E-state index contributed by atoms with van der Waals surface area (Å²) in [5.41, 5.74) is 0.644. The highest BCUT2D eigenvalue weighted by Gasteiger charge is 2.11. The van der Waals surface area contributed by atoms with Gasteiger partial charge in [-0.1, -0.05) is 6.42 Å². The van der Waals surface area contributed by atoms with Crippen LogP contribution >= 0.6 is 12.4 Å².